The highest BCUT2D eigenvalue weighted by Gasteiger charge is 2.34. The summed E-state index contributed by atoms with van der Waals surface area (Å²) in [5, 5.41) is 0. The van der Waals surface area contributed by atoms with Gasteiger partial charge in [0.25, 0.3) is 0 Å². The Morgan fingerprint density at radius 1 is 1.31 bits per heavy atom. The van der Waals surface area contributed by atoms with Crippen molar-refractivity contribution < 1.29 is 0 Å². The van der Waals surface area contributed by atoms with Crippen LogP contribution in [0, 0.1) is 11.3 Å². The molecule has 1 aliphatic heterocycles. The topological polar surface area (TPSA) is 29.3 Å². The number of hydrogen-bond donors (Lipinski definition) is 1. The molecule has 1 aliphatic rings. The molecule has 0 amide bonds. The molecule has 0 saturated carbocycles. The molecule has 0 bridgehead atoms. The number of para-hydroxylation sites is 1. The van der Waals surface area contributed by atoms with E-state index in [-0.39, 0.29) is 0 Å². The molecular weight excluding hydrogens is 196 g/mol. The van der Waals surface area contributed by atoms with E-state index in [1.54, 1.807) is 0 Å². The molecule has 16 heavy (non-hydrogen) atoms. The van der Waals surface area contributed by atoms with Crippen molar-refractivity contribution in [3.05, 3.63) is 30.3 Å². The highest BCUT2D eigenvalue weighted by atomic mass is 15.1. The van der Waals surface area contributed by atoms with E-state index in [0.717, 1.165) is 19.6 Å². The van der Waals surface area contributed by atoms with E-state index in [4.69, 9.17) is 5.73 Å². The Bertz CT molecular complexity index is 332. The minimum Gasteiger partial charge on any atom is -0.371 e. The summed E-state index contributed by atoms with van der Waals surface area (Å²) in [6.07, 6.45) is 1.23. The van der Waals surface area contributed by atoms with Gasteiger partial charge in [-0.15, -0.1) is 0 Å². The van der Waals surface area contributed by atoms with Crippen LogP contribution in [0.4, 0.5) is 5.69 Å². The van der Waals surface area contributed by atoms with E-state index in [1.807, 2.05) is 0 Å². The third kappa shape index (κ3) is 2.22. The largest absolute Gasteiger partial charge is 0.371 e. The van der Waals surface area contributed by atoms with Gasteiger partial charge < -0.3 is 10.6 Å². The van der Waals surface area contributed by atoms with Crippen LogP contribution in [0.5, 0.6) is 0 Å². The Kier molecular flexibility index (Phi) is 3.20. The maximum absolute atomic E-state index is 5.89. The summed E-state index contributed by atoms with van der Waals surface area (Å²) in [5.41, 5.74) is 7.61. The fourth-order valence-electron chi connectivity index (χ4n) is 2.50. The summed E-state index contributed by atoms with van der Waals surface area (Å²) in [5.74, 6) is 0.599. The van der Waals surface area contributed by atoms with Gasteiger partial charge in [-0.3, -0.25) is 0 Å². The van der Waals surface area contributed by atoms with Crippen molar-refractivity contribution in [2.75, 3.05) is 24.5 Å². The van der Waals surface area contributed by atoms with Crippen LogP contribution in [0.15, 0.2) is 30.3 Å². The Morgan fingerprint density at radius 3 is 2.62 bits per heavy atom. The van der Waals surface area contributed by atoms with Crippen LogP contribution in [0.25, 0.3) is 0 Å². The van der Waals surface area contributed by atoms with Crippen molar-refractivity contribution in [1.29, 1.82) is 0 Å². The molecule has 0 spiro atoms. The Morgan fingerprint density at radius 2 is 2.00 bits per heavy atom. The highest BCUT2D eigenvalue weighted by Crippen LogP contribution is 2.36. The van der Waals surface area contributed by atoms with E-state index < -0.39 is 0 Å². The van der Waals surface area contributed by atoms with E-state index in [2.05, 4.69) is 49.1 Å². The highest BCUT2D eigenvalue weighted by molar-refractivity contribution is 5.46. The number of anilines is 1. The monoisotopic (exact) mass is 218 g/mol. The SMILES string of the molecule is CC1(C)CCN(c2ccccc2)CC1CN. The van der Waals surface area contributed by atoms with Gasteiger partial charge in [-0.05, 0) is 36.4 Å². The molecule has 2 N–H and O–H groups in total. The first-order valence-corrected chi connectivity index (χ1v) is 6.13. The third-order valence-electron chi connectivity index (χ3n) is 3.98. The number of piperidine rings is 1. The quantitative estimate of drug-likeness (QED) is 0.826. The van der Waals surface area contributed by atoms with Crippen LogP contribution in [-0.2, 0) is 0 Å². The van der Waals surface area contributed by atoms with Gasteiger partial charge in [0.05, 0.1) is 0 Å². The Labute approximate surface area is 98.4 Å². The zero-order valence-electron chi connectivity index (χ0n) is 10.3. The number of hydrogen-bond acceptors (Lipinski definition) is 2. The second kappa shape index (κ2) is 4.46. The molecule has 1 atom stereocenters. The van der Waals surface area contributed by atoms with Crippen LogP contribution in [0.2, 0.25) is 0 Å². The smallest absolute Gasteiger partial charge is 0.0366 e. The van der Waals surface area contributed by atoms with Gasteiger partial charge in [0, 0.05) is 18.8 Å². The molecule has 2 rings (SSSR count). The summed E-state index contributed by atoms with van der Waals surface area (Å²) in [6, 6.07) is 10.6. The second-order valence-corrected chi connectivity index (χ2v) is 5.45. The summed E-state index contributed by atoms with van der Waals surface area (Å²) in [7, 11) is 0. The van der Waals surface area contributed by atoms with Crippen LogP contribution in [0.1, 0.15) is 20.3 Å². The minimum atomic E-state index is 0.389. The molecule has 1 saturated heterocycles. The molecule has 0 aromatic heterocycles. The summed E-state index contributed by atoms with van der Waals surface area (Å²) >= 11 is 0. The first-order chi connectivity index (χ1) is 7.63. The molecular formula is C14H22N2. The van der Waals surface area contributed by atoms with Crippen molar-refractivity contribution in [2.24, 2.45) is 17.1 Å². The fourth-order valence-corrected chi connectivity index (χ4v) is 2.50. The molecule has 0 aliphatic carbocycles. The predicted molar refractivity (Wildman–Crippen MR) is 69.6 cm³/mol. The van der Waals surface area contributed by atoms with Gasteiger partial charge >= 0.3 is 0 Å². The molecule has 2 nitrogen and oxygen atoms in total. The van der Waals surface area contributed by atoms with Crippen LogP contribution in [-0.4, -0.2) is 19.6 Å². The van der Waals surface area contributed by atoms with Crippen molar-refractivity contribution in [3.63, 3.8) is 0 Å². The lowest BCUT2D eigenvalue weighted by Gasteiger charge is -2.44. The van der Waals surface area contributed by atoms with E-state index >= 15 is 0 Å². The van der Waals surface area contributed by atoms with Gasteiger partial charge in [0.15, 0.2) is 0 Å². The van der Waals surface area contributed by atoms with Crippen molar-refractivity contribution >= 4 is 5.69 Å². The minimum absolute atomic E-state index is 0.389. The molecule has 1 aromatic rings. The van der Waals surface area contributed by atoms with Crippen molar-refractivity contribution in [1.82, 2.24) is 0 Å². The van der Waals surface area contributed by atoms with Crippen LogP contribution in [0.3, 0.4) is 0 Å². The van der Waals surface area contributed by atoms with E-state index in [1.165, 1.54) is 12.1 Å². The summed E-state index contributed by atoms with van der Waals surface area (Å²) < 4.78 is 0. The number of nitrogens with two attached hydrogens (primary N) is 1. The normalized spacial score (nSPS) is 24.4. The predicted octanol–water partition coefficient (Wildman–Crippen LogP) is 2.50. The maximum Gasteiger partial charge on any atom is 0.0366 e. The molecule has 1 unspecified atom stereocenters. The molecule has 1 fully saturated rings. The van der Waals surface area contributed by atoms with E-state index in [0.29, 0.717) is 11.3 Å². The van der Waals surface area contributed by atoms with Gasteiger partial charge in [-0.1, -0.05) is 32.0 Å². The van der Waals surface area contributed by atoms with E-state index in [9.17, 15) is 0 Å². The average Bonchev–Trinajstić information content (AvgIpc) is 2.30. The number of rotatable bonds is 2. The van der Waals surface area contributed by atoms with Gasteiger partial charge in [-0.2, -0.15) is 0 Å². The first kappa shape index (κ1) is 11.5. The molecule has 1 aromatic carbocycles. The van der Waals surface area contributed by atoms with Crippen LogP contribution < -0.4 is 10.6 Å². The lowest BCUT2D eigenvalue weighted by molar-refractivity contribution is 0.177. The van der Waals surface area contributed by atoms with Crippen LogP contribution >= 0.6 is 0 Å². The molecule has 0 radical (unpaired) electrons. The van der Waals surface area contributed by atoms with Gasteiger partial charge in [0.2, 0.25) is 0 Å². The van der Waals surface area contributed by atoms with Gasteiger partial charge in [-0.25, -0.2) is 0 Å². The summed E-state index contributed by atoms with van der Waals surface area (Å²) in [6.45, 7) is 7.71. The lowest BCUT2D eigenvalue weighted by Crippen LogP contribution is -2.47. The molecule has 1 heterocycles. The summed E-state index contributed by atoms with van der Waals surface area (Å²) in [4.78, 5) is 2.46. The van der Waals surface area contributed by atoms with Gasteiger partial charge in [0.1, 0.15) is 0 Å². The zero-order chi connectivity index (χ0) is 11.6. The Balaban J connectivity index is 2.11. The average molecular weight is 218 g/mol. The Hall–Kier alpha value is -1.02. The molecule has 2 heteroatoms. The first-order valence-electron chi connectivity index (χ1n) is 6.13. The fraction of sp³-hybridized carbons (Fsp3) is 0.571. The molecule has 88 valence electrons. The van der Waals surface area contributed by atoms with Crippen molar-refractivity contribution in [3.8, 4) is 0 Å². The third-order valence-corrected chi connectivity index (χ3v) is 3.98. The number of nitrogens with zero attached hydrogens (tertiary/aromatic N) is 1. The number of benzene rings is 1. The lowest BCUT2D eigenvalue weighted by atomic mass is 9.73. The zero-order valence-corrected chi connectivity index (χ0v) is 10.3. The second-order valence-electron chi connectivity index (χ2n) is 5.45. The standard InChI is InChI=1S/C14H22N2/c1-14(2)8-9-16(11-12(14)10-15)13-6-4-3-5-7-13/h3-7,12H,8-11,15H2,1-2H3. The van der Waals surface area contributed by atoms with Crippen molar-refractivity contribution in [2.45, 2.75) is 20.3 Å². The maximum atomic E-state index is 5.89.